The van der Waals surface area contributed by atoms with Gasteiger partial charge in [0.25, 0.3) is 0 Å². The largest absolute Gasteiger partial charge is 0.497 e. The van der Waals surface area contributed by atoms with Crippen molar-refractivity contribution in [3.8, 4) is 5.75 Å². The minimum Gasteiger partial charge on any atom is -0.497 e. The molecule has 7 heteroatoms. The Bertz CT molecular complexity index is 944. The summed E-state index contributed by atoms with van der Waals surface area (Å²) in [5.74, 6) is 3.64. The zero-order valence-corrected chi connectivity index (χ0v) is 18.4. The Morgan fingerprint density at radius 1 is 1.06 bits per heavy atom. The summed E-state index contributed by atoms with van der Waals surface area (Å²) in [4.78, 5) is 4.59. The minimum absolute atomic E-state index is 0.165. The summed E-state index contributed by atoms with van der Waals surface area (Å²) < 4.78 is 16.2. The molecular weight excluding hydrogens is 394 g/mol. The molecule has 1 atom stereocenters. The normalized spacial score (nSPS) is 13.6. The molecule has 3 aromatic rings. The molecule has 0 radical (unpaired) electrons. The molecule has 1 aromatic carbocycles. The molecule has 0 spiro atoms. The van der Waals surface area contributed by atoms with Crippen LogP contribution in [0.15, 0.2) is 68.6 Å². The van der Waals surface area contributed by atoms with Gasteiger partial charge in [0.1, 0.15) is 28.6 Å². The van der Waals surface area contributed by atoms with E-state index in [1.165, 1.54) is 5.56 Å². The van der Waals surface area contributed by atoms with Crippen molar-refractivity contribution in [2.75, 3.05) is 26.7 Å². The van der Waals surface area contributed by atoms with Crippen LogP contribution in [-0.4, -0.2) is 37.8 Å². The number of nitrogens with one attached hydrogen (secondary N) is 2. The molecule has 0 bridgehead atoms. The smallest absolute Gasteiger partial charge is 0.191 e. The topological polar surface area (TPSA) is 92.2 Å². The predicted octanol–water partition coefficient (Wildman–Crippen LogP) is 3.42. The first-order chi connectivity index (χ1) is 15.0. The Kier molecular flexibility index (Phi) is 7.78. The van der Waals surface area contributed by atoms with Crippen LogP contribution in [-0.2, 0) is 18.4 Å². The number of aryl methyl sites for hydroxylation is 1. The van der Waals surface area contributed by atoms with Crippen LogP contribution in [0.4, 0.5) is 0 Å². The molecule has 7 nitrogen and oxygen atoms in total. The second-order valence-electron chi connectivity index (χ2n) is 7.63. The van der Waals surface area contributed by atoms with E-state index in [2.05, 4.69) is 15.6 Å². The summed E-state index contributed by atoms with van der Waals surface area (Å²) in [6.45, 7) is 5.07. The van der Waals surface area contributed by atoms with Gasteiger partial charge in [0.15, 0.2) is 5.96 Å². The van der Waals surface area contributed by atoms with Gasteiger partial charge >= 0.3 is 0 Å². The number of rotatable bonds is 10. The van der Waals surface area contributed by atoms with Crippen molar-refractivity contribution in [1.29, 1.82) is 0 Å². The van der Waals surface area contributed by atoms with Crippen LogP contribution in [0, 0.1) is 6.92 Å². The molecule has 1 unspecified atom stereocenters. The lowest BCUT2D eigenvalue weighted by atomic mass is 10.0. The SMILES string of the molecule is COc1ccc(CCNC(=NCC(C)(O)c2ccc(C)o2)NCCc2ccco2)cc1. The highest BCUT2D eigenvalue weighted by atomic mass is 16.5. The third-order valence-corrected chi connectivity index (χ3v) is 4.93. The fourth-order valence-corrected chi connectivity index (χ4v) is 3.09. The van der Waals surface area contributed by atoms with Gasteiger partial charge in [-0.2, -0.15) is 0 Å². The van der Waals surface area contributed by atoms with Crippen molar-refractivity contribution in [3.05, 3.63) is 77.6 Å². The Hall–Kier alpha value is -3.19. The molecule has 0 aliphatic rings. The fraction of sp³-hybridized carbons (Fsp3) is 0.375. The predicted molar refractivity (Wildman–Crippen MR) is 120 cm³/mol. The number of guanidine groups is 1. The summed E-state index contributed by atoms with van der Waals surface area (Å²) in [7, 11) is 1.66. The average molecular weight is 426 g/mol. The maximum atomic E-state index is 10.8. The number of benzene rings is 1. The highest BCUT2D eigenvalue weighted by Crippen LogP contribution is 2.23. The van der Waals surface area contributed by atoms with Crippen molar-refractivity contribution in [2.24, 2.45) is 4.99 Å². The van der Waals surface area contributed by atoms with E-state index in [9.17, 15) is 5.11 Å². The van der Waals surface area contributed by atoms with Gasteiger partial charge in [-0.3, -0.25) is 0 Å². The molecule has 166 valence electrons. The monoisotopic (exact) mass is 425 g/mol. The number of methoxy groups -OCH3 is 1. The quantitative estimate of drug-likeness (QED) is 0.341. The summed E-state index contributed by atoms with van der Waals surface area (Å²) in [5.41, 5.74) is 0.00106. The van der Waals surface area contributed by atoms with Crippen LogP contribution in [0.3, 0.4) is 0 Å². The van der Waals surface area contributed by atoms with Gasteiger partial charge in [-0.1, -0.05) is 12.1 Å². The van der Waals surface area contributed by atoms with Gasteiger partial charge in [-0.05, 0) is 62.2 Å². The number of aliphatic hydroxyl groups is 1. The van der Waals surface area contributed by atoms with E-state index in [4.69, 9.17) is 13.6 Å². The van der Waals surface area contributed by atoms with Gasteiger partial charge in [0.2, 0.25) is 0 Å². The third-order valence-electron chi connectivity index (χ3n) is 4.93. The highest BCUT2D eigenvalue weighted by Gasteiger charge is 2.26. The Balaban J connectivity index is 1.59. The van der Waals surface area contributed by atoms with E-state index in [0.717, 1.165) is 30.1 Å². The van der Waals surface area contributed by atoms with E-state index >= 15 is 0 Å². The number of hydrogen-bond acceptors (Lipinski definition) is 5. The first-order valence-electron chi connectivity index (χ1n) is 10.4. The van der Waals surface area contributed by atoms with Gasteiger partial charge in [-0.15, -0.1) is 0 Å². The van der Waals surface area contributed by atoms with Crippen LogP contribution >= 0.6 is 0 Å². The molecule has 0 amide bonds. The molecule has 0 aliphatic carbocycles. The Labute approximate surface area is 183 Å². The highest BCUT2D eigenvalue weighted by molar-refractivity contribution is 5.79. The zero-order chi connectivity index (χ0) is 22.1. The fourth-order valence-electron chi connectivity index (χ4n) is 3.09. The molecule has 3 N–H and O–H groups in total. The number of aliphatic imine (C=N–C) groups is 1. The van der Waals surface area contributed by atoms with Crippen molar-refractivity contribution in [2.45, 2.75) is 32.3 Å². The summed E-state index contributed by atoms with van der Waals surface area (Å²) in [5, 5.41) is 17.4. The minimum atomic E-state index is -1.19. The average Bonchev–Trinajstić information content (AvgIpc) is 3.44. The van der Waals surface area contributed by atoms with Crippen LogP contribution in [0.1, 0.15) is 29.8 Å². The summed E-state index contributed by atoms with van der Waals surface area (Å²) in [6, 6.07) is 15.4. The molecule has 2 aromatic heterocycles. The number of furan rings is 2. The van der Waals surface area contributed by atoms with Crippen molar-refractivity contribution in [3.63, 3.8) is 0 Å². The van der Waals surface area contributed by atoms with E-state index < -0.39 is 5.60 Å². The third kappa shape index (κ3) is 6.93. The number of nitrogens with zero attached hydrogens (tertiary/aromatic N) is 1. The number of hydrogen-bond donors (Lipinski definition) is 3. The lowest BCUT2D eigenvalue weighted by molar-refractivity contribution is 0.0428. The molecule has 0 saturated carbocycles. The van der Waals surface area contributed by atoms with E-state index in [1.54, 1.807) is 26.4 Å². The summed E-state index contributed by atoms with van der Waals surface area (Å²) >= 11 is 0. The van der Waals surface area contributed by atoms with Crippen LogP contribution in [0.2, 0.25) is 0 Å². The van der Waals surface area contributed by atoms with Crippen LogP contribution in [0.25, 0.3) is 0 Å². The standard InChI is InChI=1S/C24H31N3O4/c1-18-6-11-22(31-18)24(2,28)17-27-23(26-15-13-21-5-4-16-30-21)25-14-12-19-7-9-20(29-3)10-8-19/h4-11,16,28H,12-15,17H2,1-3H3,(H2,25,26,27). The lowest BCUT2D eigenvalue weighted by Gasteiger charge is -2.20. The first-order valence-corrected chi connectivity index (χ1v) is 10.4. The molecule has 0 fully saturated rings. The van der Waals surface area contributed by atoms with E-state index in [0.29, 0.717) is 24.8 Å². The van der Waals surface area contributed by atoms with E-state index in [-0.39, 0.29) is 6.54 Å². The zero-order valence-electron chi connectivity index (χ0n) is 18.4. The molecular formula is C24H31N3O4. The Morgan fingerprint density at radius 3 is 2.42 bits per heavy atom. The second-order valence-corrected chi connectivity index (χ2v) is 7.63. The Morgan fingerprint density at radius 2 is 1.81 bits per heavy atom. The van der Waals surface area contributed by atoms with Crippen LogP contribution in [0.5, 0.6) is 5.75 Å². The second kappa shape index (κ2) is 10.7. The van der Waals surface area contributed by atoms with Gasteiger partial charge in [0, 0.05) is 19.5 Å². The van der Waals surface area contributed by atoms with Crippen molar-refractivity contribution < 1.29 is 18.7 Å². The molecule has 0 saturated heterocycles. The van der Waals surface area contributed by atoms with Crippen LogP contribution < -0.4 is 15.4 Å². The molecule has 2 heterocycles. The molecule has 0 aliphatic heterocycles. The van der Waals surface area contributed by atoms with Crippen molar-refractivity contribution in [1.82, 2.24) is 10.6 Å². The maximum Gasteiger partial charge on any atom is 0.191 e. The van der Waals surface area contributed by atoms with Gasteiger partial charge in [0.05, 0.1) is 19.9 Å². The number of ether oxygens (including phenoxy) is 1. The molecule has 31 heavy (non-hydrogen) atoms. The van der Waals surface area contributed by atoms with E-state index in [1.807, 2.05) is 49.4 Å². The maximum absolute atomic E-state index is 10.8. The molecule has 3 rings (SSSR count). The lowest BCUT2D eigenvalue weighted by Crippen LogP contribution is -2.40. The first kappa shape index (κ1) is 22.5. The summed E-state index contributed by atoms with van der Waals surface area (Å²) in [6.07, 6.45) is 3.23. The van der Waals surface area contributed by atoms with Gasteiger partial charge in [-0.25, -0.2) is 4.99 Å². The van der Waals surface area contributed by atoms with Gasteiger partial charge < -0.3 is 29.3 Å². The van der Waals surface area contributed by atoms with Crippen molar-refractivity contribution >= 4 is 5.96 Å².